The van der Waals surface area contributed by atoms with Crippen molar-refractivity contribution in [3.63, 3.8) is 0 Å². The normalized spacial score (nSPS) is 18.0. The minimum atomic E-state index is -0.00108. The highest BCUT2D eigenvalue weighted by molar-refractivity contribution is 5.85. The third-order valence-corrected chi connectivity index (χ3v) is 6.17. The second kappa shape index (κ2) is 10.2. The Balaban J connectivity index is 1.41. The van der Waals surface area contributed by atoms with Crippen molar-refractivity contribution in [3.8, 4) is 11.8 Å². The number of fused-ring (bicyclic) bond motifs is 1. The molecule has 0 saturated carbocycles. The molecule has 4 heteroatoms. The van der Waals surface area contributed by atoms with E-state index in [1.165, 1.54) is 5.56 Å². The lowest BCUT2D eigenvalue weighted by Crippen LogP contribution is -2.38. The molecule has 1 aliphatic heterocycles. The SMILES string of the molecule is C=CC[C@@H]1C[C@@H](COc2ccc3cc(C#N)ccc3c2)N(CCCc2ccccc2)C1=O. The van der Waals surface area contributed by atoms with Crippen molar-refractivity contribution < 1.29 is 9.53 Å². The van der Waals surface area contributed by atoms with E-state index < -0.39 is 0 Å². The fraction of sp³-hybridized carbons (Fsp3) is 0.286. The van der Waals surface area contributed by atoms with Crippen LogP contribution in [0.25, 0.3) is 10.8 Å². The Morgan fingerprint density at radius 2 is 1.88 bits per heavy atom. The van der Waals surface area contributed by atoms with Gasteiger partial charge >= 0.3 is 0 Å². The van der Waals surface area contributed by atoms with Crippen LogP contribution in [0.3, 0.4) is 0 Å². The predicted octanol–water partition coefficient (Wildman–Crippen LogP) is 5.52. The summed E-state index contributed by atoms with van der Waals surface area (Å²) < 4.78 is 6.14. The van der Waals surface area contributed by atoms with Gasteiger partial charge in [-0.15, -0.1) is 6.58 Å². The number of hydrogen-bond acceptors (Lipinski definition) is 3. The van der Waals surface area contributed by atoms with Crippen LogP contribution in [-0.2, 0) is 11.2 Å². The summed E-state index contributed by atoms with van der Waals surface area (Å²) in [5, 5.41) is 11.1. The van der Waals surface area contributed by atoms with Gasteiger partial charge in [0.15, 0.2) is 0 Å². The third kappa shape index (κ3) is 5.00. The Hall–Kier alpha value is -3.58. The van der Waals surface area contributed by atoms with Gasteiger partial charge in [0.2, 0.25) is 5.91 Å². The Labute approximate surface area is 189 Å². The fourth-order valence-electron chi connectivity index (χ4n) is 4.49. The van der Waals surface area contributed by atoms with Crippen molar-refractivity contribution in [1.29, 1.82) is 5.26 Å². The summed E-state index contributed by atoms with van der Waals surface area (Å²) in [7, 11) is 0. The summed E-state index contributed by atoms with van der Waals surface area (Å²) in [6.45, 7) is 5.04. The highest BCUT2D eigenvalue weighted by Gasteiger charge is 2.38. The first-order valence-electron chi connectivity index (χ1n) is 11.2. The molecule has 1 saturated heterocycles. The van der Waals surface area contributed by atoms with E-state index in [2.05, 4.69) is 36.9 Å². The summed E-state index contributed by atoms with van der Waals surface area (Å²) in [6, 6.07) is 24.2. The van der Waals surface area contributed by atoms with E-state index in [1.54, 1.807) is 0 Å². The number of nitriles is 1. The molecule has 0 aromatic heterocycles. The minimum Gasteiger partial charge on any atom is -0.491 e. The molecule has 1 aliphatic rings. The molecule has 32 heavy (non-hydrogen) atoms. The number of amides is 1. The zero-order chi connectivity index (χ0) is 22.3. The molecule has 4 nitrogen and oxygen atoms in total. The number of rotatable bonds is 9. The molecule has 0 unspecified atom stereocenters. The number of carbonyl (C=O) groups excluding carboxylic acids is 1. The largest absolute Gasteiger partial charge is 0.491 e. The fourth-order valence-corrected chi connectivity index (χ4v) is 4.49. The molecule has 3 aromatic rings. The highest BCUT2D eigenvalue weighted by atomic mass is 16.5. The minimum absolute atomic E-state index is 0.00108. The van der Waals surface area contributed by atoms with Gasteiger partial charge < -0.3 is 9.64 Å². The van der Waals surface area contributed by atoms with E-state index in [0.717, 1.165) is 42.3 Å². The Kier molecular flexibility index (Phi) is 6.87. The average Bonchev–Trinajstić information content (AvgIpc) is 3.12. The van der Waals surface area contributed by atoms with Crippen LogP contribution in [0.2, 0.25) is 0 Å². The molecule has 0 spiro atoms. The van der Waals surface area contributed by atoms with Crippen LogP contribution in [0.15, 0.2) is 79.4 Å². The Morgan fingerprint density at radius 1 is 1.09 bits per heavy atom. The summed E-state index contributed by atoms with van der Waals surface area (Å²) in [4.78, 5) is 15.0. The number of benzene rings is 3. The van der Waals surface area contributed by atoms with E-state index >= 15 is 0 Å². The lowest BCUT2D eigenvalue weighted by Gasteiger charge is -2.25. The van der Waals surface area contributed by atoms with Gasteiger partial charge in [-0.1, -0.05) is 48.5 Å². The zero-order valence-corrected chi connectivity index (χ0v) is 18.2. The number of aryl methyl sites for hydroxylation is 1. The first-order valence-corrected chi connectivity index (χ1v) is 11.2. The van der Waals surface area contributed by atoms with Gasteiger partial charge in [0.1, 0.15) is 12.4 Å². The van der Waals surface area contributed by atoms with Gasteiger partial charge in [-0.25, -0.2) is 0 Å². The predicted molar refractivity (Wildman–Crippen MR) is 127 cm³/mol. The first-order chi connectivity index (χ1) is 15.7. The molecule has 1 amide bonds. The van der Waals surface area contributed by atoms with E-state index in [-0.39, 0.29) is 17.9 Å². The zero-order valence-electron chi connectivity index (χ0n) is 18.2. The summed E-state index contributed by atoms with van der Waals surface area (Å²) in [5.74, 6) is 0.999. The van der Waals surface area contributed by atoms with Gasteiger partial charge in [0, 0.05) is 12.5 Å². The summed E-state index contributed by atoms with van der Waals surface area (Å²) in [6.07, 6.45) is 5.24. The maximum Gasteiger partial charge on any atom is 0.226 e. The smallest absolute Gasteiger partial charge is 0.226 e. The summed E-state index contributed by atoms with van der Waals surface area (Å²) in [5.41, 5.74) is 1.94. The van der Waals surface area contributed by atoms with Crippen LogP contribution in [-0.4, -0.2) is 30.0 Å². The van der Waals surface area contributed by atoms with E-state index in [1.807, 2.05) is 53.4 Å². The second-order valence-electron chi connectivity index (χ2n) is 8.38. The topological polar surface area (TPSA) is 53.3 Å². The maximum atomic E-state index is 13.0. The quantitative estimate of drug-likeness (QED) is 0.425. The number of allylic oxidation sites excluding steroid dienone is 1. The van der Waals surface area contributed by atoms with Crippen molar-refractivity contribution in [1.82, 2.24) is 4.90 Å². The van der Waals surface area contributed by atoms with Crippen LogP contribution in [0.5, 0.6) is 5.75 Å². The van der Waals surface area contributed by atoms with Crippen LogP contribution < -0.4 is 4.74 Å². The lowest BCUT2D eigenvalue weighted by molar-refractivity contribution is -0.132. The van der Waals surface area contributed by atoms with E-state index in [9.17, 15) is 4.79 Å². The van der Waals surface area contributed by atoms with Crippen molar-refractivity contribution in [2.45, 2.75) is 31.7 Å². The highest BCUT2D eigenvalue weighted by Crippen LogP contribution is 2.29. The molecule has 0 N–H and O–H groups in total. The molecule has 1 fully saturated rings. The van der Waals surface area contributed by atoms with Crippen LogP contribution in [0.1, 0.15) is 30.4 Å². The van der Waals surface area contributed by atoms with Gasteiger partial charge in [-0.3, -0.25) is 4.79 Å². The first kappa shape index (κ1) is 21.6. The summed E-state index contributed by atoms with van der Waals surface area (Å²) >= 11 is 0. The number of ether oxygens (including phenoxy) is 1. The molecule has 162 valence electrons. The Bertz CT molecular complexity index is 1130. The Morgan fingerprint density at radius 3 is 2.66 bits per heavy atom. The van der Waals surface area contributed by atoms with Gasteiger partial charge in [0.25, 0.3) is 0 Å². The number of nitrogens with zero attached hydrogens (tertiary/aromatic N) is 2. The van der Waals surface area contributed by atoms with E-state index in [0.29, 0.717) is 18.6 Å². The molecule has 0 radical (unpaired) electrons. The van der Waals surface area contributed by atoms with Crippen LogP contribution in [0.4, 0.5) is 0 Å². The van der Waals surface area contributed by atoms with Crippen molar-refractivity contribution in [3.05, 3.63) is 90.5 Å². The van der Waals surface area contributed by atoms with Crippen molar-refractivity contribution in [2.24, 2.45) is 5.92 Å². The molecule has 4 rings (SSSR count). The van der Waals surface area contributed by atoms with Crippen molar-refractivity contribution >= 4 is 16.7 Å². The van der Waals surface area contributed by atoms with Gasteiger partial charge in [-0.05, 0) is 66.3 Å². The van der Waals surface area contributed by atoms with E-state index in [4.69, 9.17) is 10.00 Å². The van der Waals surface area contributed by atoms with Crippen LogP contribution in [0, 0.1) is 17.2 Å². The monoisotopic (exact) mass is 424 g/mol. The molecule has 0 aliphatic carbocycles. The number of carbonyl (C=O) groups is 1. The molecule has 2 atom stereocenters. The molecular formula is C28H28N2O2. The number of hydrogen-bond donors (Lipinski definition) is 0. The van der Waals surface area contributed by atoms with Gasteiger partial charge in [0.05, 0.1) is 17.7 Å². The number of likely N-dealkylation sites (tertiary alicyclic amines) is 1. The molecular weight excluding hydrogens is 396 g/mol. The standard InChI is InChI=1S/C28H28N2O2/c1-2-7-25-17-26(30(28(25)31)15-6-10-21-8-4-3-5-9-21)20-32-27-14-13-23-16-22(19-29)11-12-24(23)18-27/h2-5,8-9,11-14,16,18,25-26H,1,6-7,10,15,17,20H2/t25-,26+/m1/s1. The maximum absolute atomic E-state index is 13.0. The third-order valence-electron chi connectivity index (χ3n) is 6.17. The van der Waals surface area contributed by atoms with Gasteiger partial charge in [-0.2, -0.15) is 5.26 Å². The van der Waals surface area contributed by atoms with Crippen LogP contribution >= 0.6 is 0 Å². The molecule has 1 heterocycles. The molecule has 3 aromatic carbocycles. The second-order valence-corrected chi connectivity index (χ2v) is 8.38. The average molecular weight is 425 g/mol. The lowest BCUT2D eigenvalue weighted by atomic mass is 10.0. The van der Waals surface area contributed by atoms with Crippen molar-refractivity contribution in [2.75, 3.05) is 13.2 Å². The molecule has 0 bridgehead atoms.